The van der Waals surface area contributed by atoms with Crippen LogP contribution in [0, 0.1) is 11.8 Å². The first kappa shape index (κ1) is 49.0. The summed E-state index contributed by atoms with van der Waals surface area (Å²) in [5, 5.41) is 21.0. The van der Waals surface area contributed by atoms with Crippen LogP contribution < -0.4 is 31.9 Å². The highest BCUT2D eigenvalue weighted by molar-refractivity contribution is 8.00. The van der Waals surface area contributed by atoms with Crippen molar-refractivity contribution in [1.82, 2.24) is 41.8 Å². The predicted molar refractivity (Wildman–Crippen MR) is 245 cm³/mol. The van der Waals surface area contributed by atoms with E-state index in [1.54, 1.807) is 27.8 Å². The molecule has 1 saturated carbocycles. The number of aromatic amines is 1. The Balaban J connectivity index is 1.42. The van der Waals surface area contributed by atoms with E-state index in [4.69, 9.17) is 9.47 Å². The van der Waals surface area contributed by atoms with Gasteiger partial charge in [-0.15, -0.1) is 11.8 Å². The molecule has 16 heteroatoms. The number of carbonyl (C=O) groups is 5. The summed E-state index contributed by atoms with van der Waals surface area (Å²) in [6, 6.07) is 5.47. The number of amides is 5. The monoisotopic (exact) mass is 883 g/mol. The number of hydrogen-bond donors (Lipinski definition) is 7. The molecule has 3 fully saturated rings. The highest BCUT2D eigenvalue weighted by atomic mass is 32.2. The van der Waals surface area contributed by atoms with Crippen molar-refractivity contribution in [3.8, 4) is 0 Å². The number of likely N-dealkylation sites (N-methyl/N-ethyl adjacent to an activating group) is 1. The lowest BCUT2D eigenvalue weighted by molar-refractivity contribution is -0.142. The van der Waals surface area contributed by atoms with E-state index in [1.165, 1.54) is 4.90 Å². The van der Waals surface area contributed by atoms with Crippen molar-refractivity contribution in [2.24, 2.45) is 11.8 Å². The molecule has 1 aromatic heterocycles. The van der Waals surface area contributed by atoms with Crippen molar-refractivity contribution in [2.75, 3.05) is 39.8 Å². The number of carbonyl (C=O) groups excluding carboxylic acids is 5. The zero-order valence-corrected chi connectivity index (χ0v) is 39.0. The van der Waals surface area contributed by atoms with Crippen molar-refractivity contribution < 1.29 is 33.4 Å². The van der Waals surface area contributed by atoms with Crippen LogP contribution in [-0.4, -0.2) is 120 Å². The third kappa shape index (κ3) is 15.4. The zero-order chi connectivity index (χ0) is 44.9. The van der Waals surface area contributed by atoms with E-state index in [-0.39, 0.29) is 47.8 Å². The maximum atomic E-state index is 14.8. The fourth-order valence-corrected chi connectivity index (χ4v) is 10.5. The number of unbranched alkanes of at least 4 members (excludes halogenated alkanes) is 1. The van der Waals surface area contributed by atoms with Crippen molar-refractivity contribution in [1.29, 1.82) is 0 Å². The first-order valence-corrected chi connectivity index (χ1v) is 23.9. The Bertz CT molecular complexity index is 1790. The third-order valence-corrected chi connectivity index (χ3v) is 13.7. The molecule has 5 amide bonds. The van der Waals surface area contributed by atoms with Crippen molar-refractivity contribution >= 4 is 52.6 Å². The number of aromatic nitrogens is 1. The molecule has 3 aliphatic rings. The number of piperidine rings is 1. The van der Waals surface area contributed by atoms with E-state index in [2.05, 4.69) is 36.9 Å². The first-order chi connectivity index (χ1) is 29.5. The standard InChI is InChI=1S/C46H74N8O7S/c1-45(2,3)60-43(58)48-23-13-12-20-36-42(57)54(7)37(26-32-29-50-34-19-10-9-18-33(32)34)40(56)52-27-30-16-8-11-22-38(30)62-41-31(17-14-24-47-41)28-51-35(39(55)53-36)21-15-25-49-44(59)61-46(4,5)6/h9-10,18-19,29-31,35-38,41,47,50-51H,8,11-17,20-28H2,1-7H3,(H,48,58)(H,49,59)(H,52,56)(H,53,55)/t30?,31?,35-,36-,37-,38?,41?/m0/s1. The van der Waals surface area contributed by atoms with Crippen molar-refractivity contribution in [3.05, 3.63) is 36.0 Å². The Morgan fingerprint density at radius 2 is 1.45 bits per heavy atom. The van der Waals surface area contributed by atoms with Crippen LogP contribution in [-0.2, 0) is 30.3 Å². The number of fused-ring (bicyclic) bond motifs is 3. The minimum absolute atomic E-state index is 0.190. The number of nitrogens with zero attached hydrogens (tertiary/aromatic N) is 1. The van der Waals surface area contributed by atoms with Crippen LogP contribution in [0.2, 0.25) is 0 Å². The molecule has 5 rings (SSSR count). The van der Waals surface area contributed by atoms with Gasteiger partial charge in [0, 0.05) is 62.0 Å². The second-order valence-electron chi connectivity index (χ2n) is 19.3. The third-order valence-electron chi connectivity index (χ3n) is 11.9. The second-order valence-corrected chi connectivity index (χ2v) is 20.7. The topological polar surface area (TPSA) is 195 Å². The fourth-order valence-electron chi connectivity index (χ4n) is 8.67. The summed E-state index contributed by atoms with van der Waals surface area (Å²) in [4.78, 5) is 73.5. The van der Waals surface area contributed by atoms with Crippen LogP contribution in [0.4, 0.5) is 9.59 Å². The Labute approximate surface area is 372 Å². The highest BCUT2D eigenvalue weighted by Crippen LogP contribution is 2.38. The van der Waals surface area contributed by atoms with Crippen LogP contribution in [0.1, 0.15) is 118 Å². The number of nitrogens with one attached hydrogen (secondary N) is 7. The number of alkyl carbamates (subject to hydrolysis) is 2. The average Bonchev–Trinajstić information content (AvgIpc) is 3.62. The number of para-hydroxylation sites is 1. The van der Waals surface area contributed by atoms with Gasteiger partial charge < -0.3 is 51.3 Å². The van der Waals surface area contributed by atoms with Crippen LogP contribution in [0.3, 0.4) is 0 Å². The Hall–Kier alpha value is -4.02. The van der Waals surface area contributed by atoms with Crippen molar-refractivity contribution in [2.45, 2.75) is 159 Å². The average molecular weight is 883 g/mol. The summed E-state index contributed by atoms with van der Waals surface area (Å²) in [6.07, 6.45) is 9.81. The largest absolute Gasteiger partial charge is 0.444 e. The van der Waals surface area contributed by atoms with Gasteiger partial charge in [0.1, 0.15) is 23.3 Å². The number of benzene rings is 1. The first-order valence-electron chi connectivity index (χ1n) is 22.9. The number of H-pyrrole nitrogens is 1. The normalized spacial score (nSPS) is 26.0. The molecule has 7 N–H and O–H groups in total. The summed E-state index contributed by atoms with van der Waals surface area (Å²) in [7, 11) is 1.66. The molecule has 4 unspecified atom stereocenters. The molecule has 0 radical (unpaired) electrons. The summed E-state index contributed by atoms with van der Waals surface area (Å²) in [5.74, 6) is -0.352. The van der Waals surface area contributed by atoms with Crippen LogP contribution in [0.25, 0.3) is 10.9 Å². The smallest absolute Gasteiger partial charge is 0.407 e. The maximum Gasteiger partial charge on any atom is 0.407 e. The van der Waals surface area contributed by atoms with Gasteiger partial charge >= 0.3 is 12.2 Å². The summed E-state index contributed by atoms with van der Waals surface area (Å²) >= 11 is 1.99. The molecule has 346 valence electrons. The Kier molecular flexibility index (Phi) is 18.2. The lowest BCUT2D eigenvalue weighted by Crippen LogP contribution is -2.57. The predicted octanol–water partition coefficient (Wildman–Crippen LogP) is 5.73. The van der Waals surface area contributed by atoms with Gasteiger partial charge in [0.2, 0.25) is 17.7 Å². The molecule has 7 atom stereocenters. The molecule has 0 bridgehead atoms. The fraction of sp³-hybridized carbons (Fsp3) is 0.717. The van der Waals surface area contributed by atoms with Gasteiger partial charge in [0.25, 0.3) is 0 Å². The maximum absolute atomic E-state index is 14.8. The van der Waals surface area contributed by atoms with E-state index in [0.717, 1.165) is 61.5 Å². The quantitative estimate of drug-likeness (QED) is 0.137. The van der Waals surface area contributed by atoms with Crippen LogP contribution in [0.15, 0.2) is 30.5 Å². The minimum Gasteiger partial charge on any atom is -0.444 e. The molecular formula is C46H74N8O7S. The zero-order valence-electron chi connectivity index (χ0n) is 38.2. The van der Waals surface area contributed by atoms with Crippen LogP contribution >= 0.6 is 11.8 Å². The van der Waals surface area contributed by atoms with Crippen molar-refractivity contribution in [3.63, 3.8) is 0 Å². The number of thioether (sulfide) groups is 1. The number of rotatable bonds is 11. The summed E-state index contributed by atoms with van der Waals surface area (Å²) in [5.41, 5.74) is 0.599. The van der Waals surface area contributed by atoms with Gasteiger partial charge in [-0.25, -0.2) is 9.59 Å². The lowest BCUT2D eigenvalue weighted by atomic mass is 9.88. The van der Waals surface area contributed by atoms with Gasteiger partial charge in [-0.05, 0) is 129 Å². The van der Waals surface area contributed by atoms with E-state index < -0.39 is 41.5 Å². The second kappa shape index (κ2) is 23.1. The summed E-state index contributed by atoms with van der Waals surface area (Å²) in [6.45, 7) is 13.6. The molecule has 2 aliphatic heterocycles. The molecule has 62 heavy (non-hydrogen) atoms. The van der Waals surface area contributed by atoms with Gasteiger partial charge in [-0.2, -0.15) is 0 Å². The van der Waals surface area contributed by atoms with Gasteiger partial charge in [-0.1, -0.05) is 31.0 Å². The van der Waals surface area contributed by atoms with E-state index in [0.29, 0.717) is 57.1 Å². The number of ether oxygens (including phenoxy) is 2. The van der Waals surface area contributed by atoms with Gasteiger partial charge in [0.15, 0.2) is 0 Å². The lowest BCUT2D eigenvalue weighted by Gasteiger charge is -2.39. The minimum atomic E-state index is -0.949. The molecule has 2 aromatic rings. The molecule has 1 aliphatic carbocycles. The van der Waals surface area contributed by atoms with Gasteiger partial charge in [0.05, 0.1) is 11.4 Å². The Morgan fingerprint density at radius 1 is 0.790 bits per heavy atom. The molecular weight excluding hydrogens is 809 g/mol. The molecule has 0 spiro atoms. The molecule has 1 aromatic carbocycles. The SMILES string of the molecule is CN1C(=O)[C@H](CCCCNC(=O)OC(C)(C)C)NC(=O)[C@H](CCCNC(=O)OC(C)(C)C)NCC2CCCNC2SC2CCCCC2CNC(=O)[C@@H]1Cc1c[nH]c2ccccc12. The van der Waals surface area contributed by atoms with E-state index in [9.17, 15) is 24.0 Å². The highest BCUT2D eigenvalue weighted by Gasteiger charge is 2.37. The Morgan fingerprint density at radius 3 is 2.18 bits per heavy atom. The molecule has 15 nitrogen and oxygen atoms in total. The van der Waals surface area contributed by atoms with E-state index >= 15 is 0 Å². The van der Waals surface area contributed by atoms with Crippen LogP contribution in [0.5, 0.6) is 0 Å². The summed E-state index contributed by atoms with van der Waals surface area (Å²) < 4.78 is 10.8. The number of hydrogen-bond acceptors (Lipinski definition) is 10. The molecule has 3 heterocycles. The van der Waals surface area contributed by atoms with E-state index in [1.807, 2.05) is 63.0 Å². The van der Waals surface area contributed by atoms with Gasteiger partial charge in [-0.3, -0.25) is 14.4 Å². The molecule has 2 saturated heterocycles.